The van der Waals surface area contributed by atoms with E-state index in [4.69, 9.17) is 4.74 Å². The Morgan fingerprint density at radius 1 is 0.914 bits per heavy atom. The van der Waals surface area contributed by atoms with Gasteiger partial charge in [-0.1, -0.05) is 86.6 Å². The SMILES string of the molecule is CC1(C)c2ccccc2-c2ccc(C3(O)CC4CCCC(C3)N4C(=O)OCc3ccccc3)cc21. The fraction of sp³-hybridized carbons (Fsp3) is 0.387. The number of carbonyl (C=O) groups is 1. The van der Waals surface area contributed by atoms with Gasteiger partial charge in [-0.2, -0.15) is 0 Å². The molecule has 6 rings (SSSR count). The van der Waals surface area contributed by atoms with Crippen molar-refractivity contribution in [3.8, 4) is 11.1 Å². The number of fused-ring (bicyclic) bond motifs is 5. The smallest absolute Gasteiger partial charge is 0.410 e. The summed E-state index contributed by atoms with van der Waals surface area (Å²) in [6.07, 6.45) is 3.74. The van der Waals surface area contributed by atoms with Crippen LogP contribution in [0.15, 0.2) is 72.8 Å². The Labute approximate surface area is 207 Å². The van der Waals surface area contributed by atoms with Crippen molar-refractivity contribution in [2.24, 2.45) is 0 Å². The van der Waals surface area contributed by atoms with Crippen LogP contribution < -0.4 is 0 Å². The molecule has 0 radical (unpaired) electrons. The quantitative estimate of drug-likeness (QED) is 0.476. The molecule has 2 bridgehead atoms. The van der Waals surface area contributed by atoms with Crippen molar-refractivity contribution in [2.75, 3.05) is 0 Å². The molecule has 2 fully saturated rings. The maximum Gasteiger partial charge on any atom is 0.410 e. The third-order valence-corrected chi connectivity index (χ3v) is 8.54. The first-order valence-corrected chi connectivity index (χ1v) is 12.8. The molecule has 35 heavy (non-hydrogen) atoms. The van der Waals surface area contributed by atoms with E-state index in [-0.39, 0.29) is 30.2 Å². The van der Waals surface area contributed by atoms with Gasteiger partial charge in [-0.3, -0.25) is 0 Å². The zero-order valence-electron chi connectivity index (χ0n) is 20.5. The van der Waals surface area contributed by atoms with Gasteiger partial charge in [0.1, 0.15) is 6.61 Å². The Kier molecular flexibility index (Phi) is 5.26. The van der Waals surface area contributed by atoms with Gasteiger partial charge in [0.05, 0.1) is 5.60 Å². The first-order chi connectivity index (χ1) is 16.9. The number of amides is 1. The van der Waals surface area contributed by atoms with Crippen molar-refractivity contribution in [3.05, 3.63) is 95.1 Å². The van der Waals surface area contributed by atoms with E-state index in [9.17, 15) is 9.90 Å². The van der Waals surface area contributed by atoms with Crippen molar-refractivity contribution in [1.82, 2.24) is 4.90 Å². The molecule has 2 saturated heterocycles. The highest BCUT2D eigenvalue weighted by Crippen LogP contribution is 2.51. The number of hydrogen-bond acceptors (Lipinski definition) is 3. The fourth-order valence-electron chi connectivity index (χ4n) is 6.75. The molecule has 2 heterocycles. The van der Waals surface area contributed by atoms with Gasteiger partial charge in [-0.05, 0) is 52.6 Å². The van der Waals surface area contributed by atoms with Crippen LogP contribution in [0.2, 0.25) is 0 Å². The van der Waals surface area contributed by atoms with Crippen LogP contribution in [-0.4, -0.2) is 28.2 Å². The van der Waals surface area contributed by atoms with Gasteiger partial charge in [-0.25, -0.2) is 4.79 Å². The third kappa shape index (κ3) is 3.66. The number of ether oxygens (including phenoxy) is 1. The van der Waals surface area contributed by atoms with E-state index in [0.29, 0.717) is 12.8 Å². The number of piperidine rings is 2. The normalized spacial score (nSPS) is 26.1. The maximum absolute atomic E-state index is 13.1. The Hall–Kier alpha value is -3.11. The molecule has 3 aliphatic rings. The standard InChI is InChI=1S/C31H33NO3/c1-30(2)27-14-7-6-13-25(27)26-16-15-22(17-28(26)30)31(34)18-23-11-8-12-24(19-31)32(23)29(33)35-20-21-9-4-3-5-10-21/h3-7,9-10,13-17,23-24,34H,8,11-12,18-20H2,1-2H3. The van der Waals surface area contributed by atoms with Crippen molar-refractivity contribution in [3.63, 3.8) is 0 Å². The number of benzene rings is 3. The maximum atomic E-state index is 13.1. The van der Waals surface area contributed by atoms with Gasteiger partial charge in [0.15, 0.2) is 0 Å². The highest BCUT2D eigenvalue weighted by Gasteiger charge is 2.49. The van der Waals surface area contributed by atoms with E-state index in [0.717, 1.165) is 30.4 Å². The zero-order chi connectivity index (χ0) is 24.2. The number of hydrogen-bond donors (Lipinski definition) is 1. The molecule has 4 heteroatoms. The summed E-state index contributed by atoms with van der Waals surface area (Å²) in [4.78, 5) is 15.0. The lowest BCUT2D eigenvalue weighted by atomic mass is 9.71. The van der Waals surface area contributed by atoms with Crippen LogP contribution in [0.25, 0.3) is 11.1 Å². The van der Waals surface area contributed by atoms with Crippen LogP contribution in [0.1, 0.15) is 68.2 Å². The lowest BCUT2D eigenvalue weighted by Gasteiger charge is -2.51. The summed E-state index contributed by atoms with van der Waals surface area (Å²) in [5, 5.41) is 12.0. The molecule has 2 atom stereocenters. The molecule has 1 amide bonds. The lowest BCUT2D eigenvalue weighted by Crippen LogP contribution is -2.58. The van der Waals surface area contributed by atoms with Crippen molar-refractivity contribution in [1.29, 1.82) is 0 Å². The zero-order valence-corrected chi connectivity index (χ0v) is 20.5. The fourth-order valence-corrected chi connectivity index (χ4v) is 6.75. The topological polar surface area (TPSA) is 49.8 Å². The second-order valence-corrected chi connectivity index (χ2v) is 11.1. The second-order valence-electron chi connectivity index (χ2n) is 11.1. The predicted octanol–water partition coefficient (Wildman–Crippen LogP) is 6.53. The molecule has 2 aliphatic heterocycles. The van der Waals surface area contributed by atoms with E-state index in [1.54, 1.807) is 0 Å². The monoisotopic (exact) mass is 467 g/mol. The molecule has 4 nitrogen and oxygen atoms in total. The predicted molar refractivity (Wildman–Crippen MR) is 137 cm³/mol. The summed E-state index contributed by atoms with van der Waals surface area (Å²) in [6.45, 7) is 4.82. The first kappa shape index (κ1) is 22.4. The van der Waals surface area contributed by atoms with Crippen molar-refractivity contribution < 1.29 is 14.6 Å². The highest BCUT2D eigenvalue weighted by atomic mass is 16.6. The molecule has 1 aliphatic carbocycles. The number of nitrogens with zero attached hydrogens (tertiary/aromatic N) is 1. The van der Waals surface area contributed by atoms with Gasteiger partial charge < -0.3 is 14.7 Å². The lowest BCUT2D eigenvalue weighted by molar-refractivity contribution is -0.0896. The van der Waals surface area contributed by atoms with Crippen LogP contribution in [-0.2, 0) is 22.4 Å². The minimum Gasteiger partial charge on any atom is -0.445 e. The van der Waals surface area contributed by atoms with Gasteiger partial charge in [-0.15, -0.1) is 0 Å². The molecule has 3 aromatic carbocycles. The van der Waals surface area contributed by atoms with E-state index in [1.807, 2.05) is 35.2 Å². The highest BCUT2D eigenvalue weighted by molar-refractivity contribution is 5.81. The van der Waals surface area contributed by atoms with Gasteiger partial charge in [0.25, 0.3) is 0 Å². The first-order valence-electron chi connectivity index (χ1n) is 12.8. The van der Waals surface area contributed by atoms with Crippen LogP contribution in [0.3, 0.4) is 0 Å². The van der Waals surface area contributed by atoms with Gasteiger partial charge >= 0.3 is 6.09 Å². The minimum atomic E-state index is -0.939. The van der Waals surface area contributed by atoms with Crippen molar-refractivity contribution >= 4 is 6.09 Å². The Bertz CT molecular complexity index is 1250. The van der Waals surface area contributed by atoms with Crippen molar-refractivity contribution in [2.45, 2.75) is 75.7 Å². The Morgan fingerprint density at radius 2 is 1.57 bits per heavy atom. The Balaban J connectivity index is 1.25. The van der Waals surface area contributed by atoms with E-state index in [1.165, 1.54) is 22.3 Å². The number of rotatable bonds is 3. The van der Waals surface area contributed by atoms with E-state index < -0.39 is 5.60 Å². The van der Waals surface area contributed by atoms with Crippen LogP contribution >= 0.6 is 0 Å². The van der Waals surface area contributed by atoms with Crippen LogP contribution in [0.5, 0.6) is 0 Å². The average Bonchev–Trinajstić information content (AvgIpc) is 3.09. The molecular weight excluding hydrogens is 434 g/mol. The summed E-state index contributed by atoms with van der Waals surface area (Å²) >= 11 is 0. The van der Waals surface area contributed by atoms with Gasteiger partial charge in [0, 0.05) is 30.3 Å². The Morgan fingerprint density at radius 3 is 2.31 bits per heavy atom. The molecule has 1 N–H and O–H groups in total. The van der Waals surface area contributed by atoms with Crippen LogP contribution in [0, 0.1) is 0 Å². The summed E-state index contributed by atoms with van der Waals surface area (Å²) in [5.74, 6) is 0. The molecule has 0 saturated carbocycles. The summed E-state index contributed by atoms with van der Waals surface area (Å²) in [6, 6.07) is 24.9. The molecular formula is C31H33NO3. The second kappa shape index (κ2) is 8.23. The van der Waals surface area contributed by atoms with E-state index >= 15 is 0 Å². The summed E-state index contributed by atoms with van der Waals surface area (Å²) < 4.78 is 5.71. The molecule has 0 spiro atoms. The van der Waals surface area contributed by atoms with Crippen LogP contribution in [0.4, 0.5) is 4.79 Å². The molecule has 3 aromatic rings. The molecule has 0 aromatic heterocycles. The minimum absolute atomic E-state index is 0.00534. The van der Waals surface area contributed by atoms with E-state index in [2.05, 4.69) is 56.3 Å². The number of carbonyl (C=O) groups excluding carboxylic acids is 1. The third-order valence-electron chi connectivity index (χ3n) is 8.54. The largest absolute Gasteiger partial charge is 0.445 e. The summed E-state index contributed by atoms with van der Waals surface area (Å²) in [5.41, 5.74) is 6.10. The average molecular weight is 468 g/mol. The van der Waals surface area contributed by atoms with Gasteiger partial charge in [0.2, 0.25) is 0 Å². The summed E-state index contributed by atoms with van der Waals surface area (Å²) in [7, 11) is 0. The molecule has 2 unspecified atom stereocenters. The number of aliphatic hydroxyl groups is 1. The molecule has 180 valence electrons.